The number of benzene rings is 1. The molecule has 2 N–H and O–H groups in total. The lowest BCUT2D eigenvalue weighted by molar-refractivity contribution is -0.111. The van der Waals surface area contributed by atoms with E-state index >= 15 is 0 Å². The zero-order chi connectivity index (χ0) is 26.3. The summed E-state index contributed by atoms with van der Waals surface area (Å²) in [6.45, 7) is 3.79. The van der Waals surface area contributed by atoms with E-state index in [0.29, 0.717) is 42.6 Å². The fourth-order valence-corrected chi connectivity index (χ4v) is 4.09. The molecular weight excluding hydrogens is 480 g/mol. The minimum absolute atomic E-state index is 0.183. The third-order valence-electron chi connectivity index (χ3n) is 5.98. The van der Waals surface area contributed by atoms with Gasteiger partial charge in [0.1, 0.15) is 11.3 Å². The highest BCUT2D eigenvalue weighted by Crippen LogP contribution is 2.28. The maximum Gasteiger partial charge on any atom is 0.248 e. The second-order valence-electron chi connectivity index (χ2n) is 9.16. The Balaban J connectivity index is 1.35. The third-order valence-corrected chi connectivity index (χ3v) is 5.98. The number of morpholine rings is 1. The normalized spacial score (nSPS) is 13.8. The van der Waals surface area contributed by atoms with Crippen molar-refractivity contribution in [3.05, 3.63) is 73.2 Å². The Labute approximate surface area is 221 Å². The van der Waals surface area contributed by atoms with Crippen molar-refractivity contribution in [2.24, 2.45) is 0 Å². The summed E-state index contributed by atoms with van der Waals surface area (Å²) >= 11 is 0. The molecule has 1 saturated heterocycles. The molecule has 0 atom stereocenters. The number of rotatable bonds is 8. The first-order valence-corrected chi connectivity index (χ1v) is 12.5. The quantitative estimate of drug-likeness (QED) is 0.343. The van der Waals surface area contributed by atoms with Crippen LogP contribution in [-0.4, -0.2) is 77.7 Å². The predicted molar refractivity (Wildman–Crippen MR) is 150 cm³/mol. The fourth-order valence-electron chi connectivity index (χ4n) is 4.09. The third kappa shape index (κ3) is 6.28. The molecule has 194 valence electrons. The lowest BCUT2D eigenvalue weighted by Gasteiger charge is -2.27. The maximum absolute atomic E-state index is 12.3. The molecular formula is C28H30N8O2. The van der Waals surface area contributed by atoms with Gasteiger partial charge in [0, 0.05) is 54.7 Å². The van der Waals surface area contributed by atoms with Crippen LogP contribution >= 0.6 is 0 Å². The zero-order valence-electron chi connectivity index (χ0n) is 21.5. The number of likely N-dealkylation sites (N-methyl/N-ethyl adjacent to an activating group) is 1. The molecule has 1 aliphatic heterocycles. The van der Waals surface area contributed by atoms with E-state index < -0.39 is 0 Å². The molecule has 5 rings (SSSR count). The minimum Gasteiger partial charge on any atom is -0.378 e. The van der Waals surface area contributed by atoms with Crippen molar-refractivity contribution in [3.8, 4) is 11.3 Å². The van der Waals surface area contributed by atoms with Gasteiger partial charge in [0.05, 0.1) is 30.8 Å². The minimum atomic E-state index is -0.183. The van der Waals surface area contributed by atoms with Gasteiger partial charge < -0.3 is 25.2 Å². The van der Waals surface area contributed by atoms with E-state index in [2.05, 4.69) is 30.5 Å². The summed E-state index contributed by atoms with van der Waals surface area (Å²) in [4.78, 5) is 34.9. The Morgan fingerprint density at radius 2 is 1.92 bits per heavy atom. The summed E-state index contributed by atoms with van der Waals surface area (Å²) in [5.41, 5.74) is 3.72. The Morgan fingerprint density at radius 1 is 1.05 bits per heavy atom. The second-order valence-corrected chi connectivity index (χ2v) is 9.16. The molecule has 1 aromatic carbocycles. The summed E-state index contributed by atoms with van der Waals surface area (Å²) in [6.07, 6.45) is 8.64. The molecule has 0 aliphatic carbocycles. The number of carbonyl (C=O) groups is 1. The molecule has 0 unspecified atom stereocenters. The number of hydrogen-bond donors (Lipinski definition) is 2. The monoisotopic (exact) mass is 510 g/mol. The summed E-state index contributed by atoms with van der Waals surface area (Å²) < 4.78 is 5.42. The Kier molecular flexibility index (Phi) is 7.81. The first kappa shape index (κ1) is 25.2. The van der Waals surface area contributed by atoms with Crippen molar-refractivity contribution in [2.75, 3.05) is 62.5 Å². The number of ether oxygens (including phenoxy) is 1. The summed E-state index contributed by atoms with van der Waals surface area (Å²) in [7, 11) is 3.90. The van der Waals surface area contributed by atoms with Gasteiger partial charge in [0.25, 0.3) is 0 Å². The molecule has 0 radical (unpaired) electrons. The van der Waals surface area contributed by atoms with Crippen LogP contribution in [0.1, 0.15) is 0 Å². The van der Waals surface area contributed by atoms with Gasteiger partial charge in [0.2, 0.25) is 11.9 Å². The largest absolute Gasteiger partial charge is 0.378 e. The van der Waals surface area contributed by atoms with Gasteiger partial charge >= 0.3 is 0 Å². The molecule has 38 heavy (non-hydrogen) atoms. The Bertz CT molecular complexity index is 1430. The number of anilines is 4. The van der Waals surface area contributed by atoms with E-state index in [-0.39, 0.29) is 5.91 Å². The van der Waals surface area contributed by atoms with E-state index in [1.165, 1.54) is 6.08 Å². The lowest BCUT2D eigenvalue weighted by atomic mass is 10.1. The fraction of sp³-hybridized carbons (Fsp3) is 0.250. The van der Waals surface area contributed by atoms with Crippen LogP contribution in [-0.2, 0) is 9.53 Å². The number of aromatic nitrogens is 4. The first-order chi connectivity index (χ1) is 18.5. The average molecular weight is 511 g/mol. The topological polar surface area (TPSA) is 108 Å². The van der Waals surface area contributed by atoms with Crippen LogP contribution in [0.2, 0.25) is 0 Å². The van der Waals surface area contributed by atoms with Crippen LogP contribution in [0.3, 0.4) is 0 Å². The van der Waals surface area contributed by atoms with Gasteiger partial charge in [-0.15, -0.1) is 0 Å². The van der Waals surface area contributed by atoms with Crippen molar-refractivity contribution >= 4 is 40.0 Å². The van der Waals surface area contributed by atoms with Crippen LogP contribution in [0, 0.1) is 0 Å². The molecule has 0 saturated carbocycles. The predicted octanol–water partition coefficient (Wildman–Crippen LogP) is 3.72. The van der Waals surface area contributed by atoms with Gasteiger partial charge in [0.15, 0.2) is 0 Å². The lowest BCUT2D eigenvalue weighted by Crippen LogP contribution is -2.36. The van der Waals surface area contributed by atoms with Gasteiger partial charge in [-0.3, -0.25) is 9.78 Å². The van der Waals surface area contributed by atoms with Crippen LogP contribution in [0.4, 0.5) is 23.1 Å². The van der Waals surface area contributed by atoms with Gasteiger partial charge in [-0.2, -0.15) is 0 Å². The van der Waals surface area contributed by atoms with E-state index in [9.17, 15) is 4.79 Å². The molecule has 10 heteroatoms. The SMILES string of the molecule is CN(C)CC=CC(=O)Nc1cccc(-c2nccc3cnc(Nc4ccc(N5CCOCC5)nc4)nc23)c1. The molecule has 4 aromatic rings. The Morgan fingerprint density at radius 3 is 2.71 bits per heavy atom. The number of nitrogens with one attached hydrogen (secondary N) is 2. The molecule has 1 fully saturated rings. The molecule has 10 nitrogen and oxygen atoms in total. The highest BCUT2D eigenvalue weighted by Gasteiger charge is 2.13. The van der Waals surface area contributed by atoms with Gasteiger partial charge in [-0.1, -0.05) is 18.2 Å². The molecule has 4 heterocycles. The van der Waals surface area contributed by atoms with Crippen LogP contribution < -0.4 is 15.5 Å². The van der Waals surface area contributed by atoms with Crippen LogP contribution in [0.15, 0.2) is 73.2 Å². The standard InChI is InChI=1S/C28H30N8O2/c1-35(2)12-4-7-25(37)32-22-6-3-5-20(17-22)26-27-21(10-11-29-26)18-31-28(34-27)33-23-8-9-24(30-19-23)36-13-15-38-16-14-36/h3-11,17-19H,12-16H2,1-2H3,(H,32,37)(H,31,33,34). The van der Waals surface area contributed by atoms with Crippen LogP contribution in [0.5, 0.6) is 0 Å². The number of pyridine rings is 2. The smallest absolute Gasteiger partial charge is 0.248 e. The molecule has 0 spiro atoms. The molecule has 0 bridgehead atoms. The highest BCUT2D eigenvalue weighted by atomic mass is 16.5. The van der Waals surface area contributed by atoms with Gasteiger partial charge in [-0.25, -0.2) is 15.0 Å². The number of hydrogen-bond acceptors (Lipinski definition) is 9. The van der Waals surface area contributed by atoms with E-state index in [4.69, 9.17) is 9.72 Å². The summed E-state index contributed by atoms with van der Waals surface area (Å²) in [6, 6.07) is 13.4. The van der Waals surface area contributed by atoms with Gasteiger partial charge in [-0.05, 0) is 44.4 Å². The Hall–Kier alpha value is -4.41. The van der Waals surface area contributed by atoms with Crippen molar-refractivity contribution in [3.63, 3.8) is 0 Å². The number of amides is 1. The van der Waals surface area contributed by atoms with Crippen molar-refractivity contribution in [1.29, 1.82) is 0 Å². The number of carbonyl (C=O) groups excluding carboxylic acids is 1. The van der Waals surface area contributed by atoms with Crippen LogP contribution in [0.25, 0.3) is 22.2 Å². The maximum atomic E-state index is 12.3. The number of nitrogens with zero attached hydrogens (tertiary/aromatic N) is 6. The summed E-state index contributed by atoms with van der Waals surface area (Å²) in [5, 5.41) is 7.02. The first-order valence-electron chi connectivity index (χ1n) is 12.5. The van der Waals surface area contributed by atoms with E-state index in [1.54, 1.807) is 18.6 Å². The summed E-state index contributed by atoms with van der Waals surface area (Å²) in [5.74, 6) is 1.19. The van der Waals surface area contributed by atoms with E-state index in [0.717, 1.165) is 35.5 Å². The zero-order valence-corrected chi connectivity index (χ0v) is 21.5. The molecule has 3 aromatic heterocycles. The van der Waals surface area contributed by atoms with Crippen molar-refractivity contribution in [1.82, 2.24) is 24.8 Å². The van der Waals surface area contributed by atoms with Crippen molar-refractivity contribution < 1.29 is 9.53 Å². The molecule has 1 amide bonds. The second kappa shape index (κ2) is 11.8. The van der Waals surface area contributed by atoms with Crippen molar-refractivity contribution in [2.45, 2.75) is 0 Å². The highest BCUT2D eigenvalue weighted by molar-refractivity contribution is 6.00. The average Bonchev–Trinajstić information content (AvgIpc) is 2.93. The number of fused-ring (bicyclic) bond motifs is 1. The van der Waals surface area contributed by atoms with E-state index in [1.807, 2.05) is 67.5 Å². The molecule has 1 aliphatic rings.